The highest BCUT2D eigenvalue weighted by molar-refractivity contribution is 5.97. The zero-order chi connectivity index (χ0) is 13.8. The molecule has 6 heteroatoms. The number of rotatable bonds is 5. The summed E-state index contributed by atoms with van der Waals surface area (Å²) in [5.41, 5.74) is 1.46. The van der Waals surface area contributed by atoms with E-state index in [9.17, 15) is 9.59 Å². The molecule has 0 bridgehead atoms. The van der Waals surface area contributed by atoms with Crippen LogP contribution in [0.5, 0.6) is 0 Å². The molecule has 2 N–H and O–H groups in total. The highest BCUT2D eigenvalue weighted by atomic mass is 16.4. The fourth-order valence-electron chi connectivity index (χ4n) is 1.87. The SMILES string of the molecule is CN(CCCC(=O)O)C(=O)c1ccc2[nH]ncc2c1. The molecule has 19 heavy (non-hydrogen) atoms. The van der Waals surface area contributed by atoms with Crippen LogP contribution in [-0.4, -0.2) is 45.7 Å². The second-order valence-corrected chi connectivity index (χ2v) is 4.40. The smallest absolute Gasteiger partial charge is 0.303 e. The summed E-state index contributed by atoms with van der Waals surface area (Å²) < 4.78 is 0. The van der Waals surface area contributed by atoms with Gasteiger partial charge >= 0.3 is 5.97 Å². The highest BCUT2D eigenvalue weighted by Crippen LogP contribution is 2.14. The molecule has 0 radical (unpaired) electrons. The van der Waals surface area contributed by atoms with Gasteiger partial charge in [0, 0.05) is 31.0 Å². The van der Waals surface area contributed by atoms with Crippen LogP contribution in [-0.2, 0) is 4.79 Å². The predicted octanol–water partition coefficient (Wildman–Crippen LogP) is 1.50. The maximum Gasteiger partial charge on any atom is 0.303 e. The van der Waals surface area contributed by atoms with Gasteiger partial charge in [0.25, 0.3) is 5.91 Å². The molecule has 0 aliphatic carbocycles. The van der Waals surface area contributed by atoms with Crippen molar-refractivity contribution in [1.29, 1.82) is 0 Å². The Bertz CT molecular complexity index is 606. The molecule has 1 aromatic carbocycles. The molecule has 1 amide bonds. The summed E-state index contributed by atoms with van der Waals surface area (Å²) in [6.45, 7) is 0.425. The van der Waals surface area contributed by atoms with Crippen molar-refractivity contribution < 1.29 is 14.7 Å². The second-order valence-electron chi connectivity index (χ2n) is 4.40. The molecule has 0 unspecified atom stereocenters. The quantitative estimate of drug-likeness (QED) is 0.854. The number of hydrogen-bond donors (Lipinski definition) is 2. The van der Waals surface area contributed by atoms with Gasteiger partial charge in [-0.25, -0.2) is 0 Å². The van der Waals surface area contributed by atoms with Crippen molar-refractivity contribution in [1.82, 2.24) is 15.1 Å². The fourth-order valence-corrected chi connectivity index (χ4v) is 1.87. The molecule has 1 heterocycles. The van der Waals surface area contributed by atoms with Gasteiger partial charge in [0.15, 0.2) is 0 Å². The zero-order valence-electron chi connectivity index (χ0n) is 10.6. The molecule has 0 aliphatic heterocycles. The van der Waals surface area contributed by atoms with Crippen molar-refractivity contribution in [3.63, 3.8) is 0 Å². The standard InChI is InChI=1S/C13H15N3O3/c1-16(6-2-3-12(17)18)13(19)9-4-5-11-10(7-9)8-14-15-11/h4-5,7-8H,2-3,6H2,1H3,(H,14,15)(H,17,18). The van der Waals surface area contributed by atoms with Gasteiger partial charge in [0.2, 0.25) is 0 Å². The lowest BCUT2D eigenvalue weighted by atomic mass is 10.1. The molecule has 0 spiro atoms. The lowest BCUT2D eigenvalue weighted by Gasteiger charge is -2.16. The van der Waals surface area contributed by atoms with Gasteiger partial charge in [0.1, 0.15) is 0 Å². The Balaban J connectivity index is 2.03. The fraction of sp³-hybridized carbons (Fsp3) is 0.308. The highest BCUT2D eigenvalue weighted by Gasteiger charge is 2.12. The van der Waals surface area contributed by atoms with E-state index in [2.05, 4.69) is 10.2 Å². The van der Waals surface area contributed by atoms with Crippen molar-refractivity contribution in [3.05, 3.63) is 30.0 Å². The first-order valence-corrected chi connectivity index (χ1v) is 5.98. The van der Waals surface area contributed by atoms with E-state index in [1.165, 1.54) is 4.90 Å². The van der Waals surface area contributed by atoms with Gasteiger partial charge in [-0.1, -0.05) is 0 Å². The molecular formula is C13H15N3O3. The number of hydrogen-bond acceptors (Lipinski definition) is 3. The lowest BCUT2D eigenvalue weighted by molar-refractivity contribution is -0.137. The third-order valence-corrected chi connectivity index (χ3v) is 2.92. The van der Waals surface area contributed by atoms with E-state index in [1.54, 1.807) is 31.4 Å². The Labute approximate surface area is 110 Å². The number of carbonyl (C=O) groups is 2. The van der Waals surface area contributed by atoms with E-state index >= 15 is 0 Å². The average molecular weight is 261 g/mol. The number of aromatic nitrogens is 2. The summed E-state index contributed by atoms with van der Waals surface area (Å²) in [4.78, 5) is 24.1. The first-order chi connectivity index (χ1) is 9.08. The van der Waals surface area contributed by atoms with Crippen LogP contribution >= 0.6 is 0 Å². The Hall–Kier alpha value is -2.37. The van der Waals surface area contributed by atoms with Gasteiger partial charge in [-0.15, -0.1) is 0 Å². The summed E-state index contributed by atoms with van der Waals surface area (Å²) in [6.07, 6.45) is 2.18. The minimum Gasteiger partial charge on any atom is -0.481 e. The van der Waals surface area contributed by atoms with Crippen molar-refractivity contribution in [2.24, 2.45) is 0 Å². The van der Waals surface area contributed by atoms with Crippen LogP contribution < -0.4 is 0 Å². The van der Waals surface area contributed by atoms with Crippen LogP contribution in [0.1, 0.15) is 23.2 Å². The number of aliphatic carboxylic acids is 1. The van der Waals surface area contributed by atoms with E-state index in [-0.39, 0.29) is 12.3 Å². The van der Waals surface area contributed by atoms with E-state index in [0.29, 0.717) is 18.5 Å². The maximum absolute atomic E-state index is 12.1. The van der Waals surface area contributed by atoms with Gasteiger partial charge < -0.3 is 10.0 Å². The van der Waals surface area contributed by atoms with Crippen LogP contribution in [0.4, 0.5) is 0 Å². The number of nitrogens with zero attached hydrogens (tertiary/aromatic N) is 2. The first-order valence-electron chi connectivity index (χ1n) is 5.98. The number of H-pyrrole nitrogens is 1. The van der Waals surface area contributed by atoms with Gasteiger partial charge in [-0.05, 0) is 24.6 Å². The molecule has 2 aromatic rings. The van der Waals surface area contributed by atoms with Crippen molar-refractivity contribution in [2.45, 2.75) is 12.8 Å². The molecule has 0 fully saturated rings. The minimum absolute atomic E-state index is 0.0678. The van der Waals surface area contributed by atoms with Crippen molar-refractivity contribution in [2.75, 3.05) is 13.6 Å². The Morgan fingerprint density at radius 2 is 2.21 bits per heavy atom. The van der Waals surface area contributed by atoms with E-state index in [0.717, 1.165) is 10.9 Å². The molecule has 0 saturated carbocycles. The van der Waals surface area contributed by atoms with Gasteiger partial charge in [-0.2, -0.15) is 5.10 Å². The van der Waals surface area contributed by atoms with Crippen molar-refractivity contribution >= 4 is 22.8 Å². The van der Waals surface area contributed by atoms with Gasteiger partial charge in [0.05, 0.1) is 11.7 Å². The number of benzene rings is 1. The number of carbonyl (C=O) groups excluding carboxylic acids is 1. The third-order valence-electron chi connectivity index (χ3n) is 2.92. The largest absolute Gasteiger partial charge is 0.481 e. The number of carboxylic acids is 1. The van der Waals surface area contributed by atoms with E-state index in [1.807, 2.05) is 0 Å². The third kappa shape index (κ3) is 3.09. The zero-order valence-corrected chi connectivity index (χ0v) is 10.6. The predicted molar refractivity (Wildman–Crippen MR) is 69.9 cm³/mol. The summed E-state index contributed by atoms with van der Waals surface area (Å²) in [5, 5.41) is 16.2. The average Bonchev–Trinajstić information content (AvgIpc) is 2.84. The number of amides is 1. The maximum atomic E-state index is 12.1. The number of nitrogens with one attached hydrogen (secondary N) is 1. The molecule has 0 saturated heterocycles. The van der Waals surface area contributed by atoms with Gasteiger partial charge in [-0.3, -0.25) is 14.7 Å². The summed E-state index contributed by atoms with van der Waals surface area (Å²) >= 11 is 0. The van der Waals surface area contributed by atoms with Crippen LogP contribution in [0.25, 0.3) is 10.9 Å². The molecule has 6 nitrogen and oxygen atoms in total. The molecule has 1 aromatic heterocycles. The lowest BCUT2D eigenvalue weighted by Crippen LogP contribution is -2.28. The normalized spacial score (nSPS) is 10.6. The van der Waals surface area contributed by atoms with E-state index < -0.39 is 5.97 Å². The van der Waals surface area contributed by atoms with Crippen molar-refractivity contribution in [3.8, 4) is 0 Å². The summed E-state index contributed by atoms with van der Waals surface area (Å²) in [5.74, 6) is -0.964. The molecule has 100 valence electrons. The number of carboxylic acid groups (broad SMARTS) is 1. The molecule has 0 aliphatic rings. The van der Waals surface area contributed by atoms with Crippen LogP contribution in [0, 0.1) is 0 Å². The topological polar surface area (TPSA) is 86.3 Å². The van der Waals surface area contributed by atoms with Crippen LogP contribution in [0.2, 0.25) is 0 Å². The Kier molecular flexibility index (Phi) is 3.79. The molecule has 2 rings (SSSR count). The Morgan fingerprint density at radius 1 is 1.42 bits per heavy atom. The molecule has 0 atom stereocenters. The minimum atomic E-state index is -0.847. The monoisotopic (exact) mass is 261 g/mol. The summed E-state index contributed by atoms with van der Waals surface area (Å²) in [7, 11) is 1.67. The van der Waals surface area contributed by atoms with Crippen LogP contribution in [0.3, 0.4) is 0 Å². The van der Waals surface area contributed by atoms with Crippen LogP contribution in [0.15, 0.2) is 24.4 Å². The molecular weight excluding hydrogens is 246 g/mol. The first kappa shape index (κ1) is 13.1. The summed E-state index contributed by atoms with van der Waals surface area (Å²) in [6, 6.07) is 5.31. The van der Waals surface area contributed by atoms with E-state index in [4.69, 9.17) is 5.11 Å². The number of fused-ring (bicyclic) bond motifs is 1. The second kappa shape index (κ2) is 5.51. The number of aromatic amines is 1. The Morgan fingerprint density at radius 3 is 2.95 bits per heavy atom.